The van der Waals surface area contributed by atoms with Crippen molar-refractivity contribution in [2.75, 3.05) is 30.8 Å². The molecule has 5 heteroatoms. The van der Waals surface area contributed by atoms with Crippen molar-refractivity contribution in [3.05, 3.63) is 6.33 Å². The number of methoxy groups -OCH3 is 1. The molecule has 96 valence electrons. The van der Waals surface area contributed by atoms with Gasteiger partial charge in [-0.05, 0) is 13.3 Å². The van der Waals surface area contributed by atoms with E-state index in [-0.39, 0.29) is 0 Å². The molecule has 0 saturated carbocycles. The normalized spacial score (nSPS) is 10.1. The molecule has 0 aliphatic rings. The molecule has 0 aliphatic carbocycles. The van der Waals surface area contributed by atoms with Crippen LogP contribution in [0.3, 0.4) is 0 Å². The molecule has 17 heavy (non-hydrogen) atoms. The van der Waals surface area contributed by atoms with Gasteiger partial charge in [0.2, 0.25) is 5.75 Å². The third-order valence-corrected chi connectivity index (χ3v) is 2.42. The quantitative estimate of drug-likeness (QED) is 0.681. The molecule has 1 rings (SSSR count). The van der Waals surface area contributed by atoms with Crippen molar-refractivity contribution >= 4 is 11.6 Å². The summed E-state index contributed by atoms with van der Waals surface area (Å²) in [5, 5.41) is 6.43. The summed E-state index contributed by atoms with van der Waals surface area (Å²) in [7, 11) is 1.64. The van der Waals surface area contributed by atoms with Gasteiger partial charge in [0, 0.05) is 13.1 Å². The van der Waals surface area contributed by atoms with Crippen LogP contribution in [0.5, 0.6) is 5.75 Å². The Morgan fingerprint density at radius 1 is 1.12 bits per heavy atom. The first-order valence-electron chi connectivity index (χ1n) is 6.20. The van der Waals surface area contributed by atoms with E-state index in [1.54, 1.807) is 13.4 Å². The summed E-state index contributed by atoms with van der Waals surface area (Å²) >= 11 is 0. The summed E-state index contributed by atoms with van der Waals surface area (Å²) < 4.78 is 5.34. The molecule has 0 atom stereocenters. The lowest BCUT2D eigenvalue weighted by atomic mass is 10.2. The highest BCUT2D eigenvalue weighted by molar-refractivity contribution is 5.63. The minimum Gasteiger partial charge on any atom is -0.490 e. The van der Waals surface area contributed by atoms with E-state index in [9.17, 15) is 0 Å². The smallest absolute Gasteiger partial charge is 0.204 e. The van der Waals surface area contributed by atoms with Crippen molar-refractivity contribution in [1.29, 1.82) is 0 Å². The van der Waals surface area contributed by atoms with Gasteiger partial charge in [-0.25, -0.2) is 9.97 Å². The van der Waals surface area contributed by atoms with Gasteiger partial charge in [0.1, 0.15) is 6.33 Å². The highest BCUT2D eigenvalue weighted by Crippen LogP contribution is 2.28. The van der Waals surface area contributed by atoms with Gasteiger partial charge < -0.3 is 15.4 Å². The fourth-order valence-corrected chi connectivity index (χ4v) is 1.57. The second-order valence-corrected chi connectivity index (χ2v) is 3.77. The molecule has 2 N–H and O–H groups in total. The molecule has 0 fully saturated rings. The lowest BCUT2D eigenvalue weighted by molar-refractivity contribution is 0.414. The molecular weight excluding hydrogens is 216 g/mol. The maximum atomic E-state index is 5.34. The molecule has 0 spiro atoms. The largest absolute Gasteiger partial charge is 0.490 e. The number of hydrogen-bond donors (Lipinski definition) is 2. The summed E-state index contributed by atoms with van der Waals surface area (Å²) in [5.74, 6) is 2.18. The van der Waals surface area contributed by atoms with E-state index in [0.29, 0.717) is 5.75 Å². The van der Waals surface area contributed by atoms with E-state index in [0.717, 1.165) is 31.1 Å². The molecule has 1 aromatic rings. The highest BCUT2D eigenvalue weighted by Gasteiger charge is 2.10. The van der Waals surface area contributed by atoms with E-state index in [1.807, 2.05) is 6.92 Å². The predicted octanol–water partition coefficient (Wildman–Crippen LogP) is 2.52. The Morgan fingerprint density at radius 2 is 1.82 bits per heavy atom. The number of rotatable bonds is 8. The van der Waals surface area contributed by atoms with Crippen molar-refractivity contribution < 1.29 is 4.74 Å². The fourth-order valence-electron chi connectivity index (χ4n) is 1.57. The van der Waals surface area contributed by atoms with Gasteiger partial charge in [-0.3, -0.25) is 0 Å². The number of nitrogens with zero attached hydrogens (tertiary/aromatic N) is 2. The number of hydrogen-bond acceptors (Lipinski definition) is 5. The van der Waals surface area contributed by atoms with Crippen LogP contribution in [0.1, 0.15) is 33.1 Å². The second kappa shape index (κ2) is 7.70. The summed E-state index contributed by atoms with van der Waals surface area (Å²) in [6.45, 7) is 5.93. The van der Waals surface area contributed by atoms with E-state index in [4.69, 9.17) is 4.74 Å². The zero-order valence-electron chi connectivity index (χ0n) is 10.9. The van der Waals surface area contributed by atoms with Crippen LogP contribution in [-0.4, -0.2) is 30.2 Å². The van der Waals surface area contributed by atoms with Crippen LogP contribution in [0.2, 0.25) is 0 Å². The SMILES string of the molecule is CCCCCNc1ncnc(NCC)c1OC. The van der Waals surface area contributed by atoms with Crippen LogP contribution in [0.4, 0.5) is 11.6 Å². The zero-order valence-corrected chi connectivity index (χ0v) is 10.9. The van der Waals surface area contributed by atoms with Gasteiger partial charge >= 0.3 is 0 Å². The van der Waals surface area contributed by atoms with E-state index >= 15 is 0 Å². The average Bonchev–Trinajstić information content (AvgIpc) is 2.35. The highest BCUT2D eigenvalue weighted by atomic mass is 16.5. The third kappa shape index (κ3) is 4.09. The molecule has 5 nitrogen and oxygen atoms in total. The monoisotopic (exact) mass is 238 g/mol. The first-order valence-corrected chi connectivity index (χ1v) is 6.20. The van der Waals surface area contributed by atoms with Gasteiger partial charge in [-0.2, -0.15) is 0 Å². The van der Waals surface area contributed by atoms with E-state index in [2.05, 4.69) is 27.5 Å². The molecule has 1 heterocycles. The third-order valence-electron chi connectivity index (χ3n) is 2.42. The summed E-state index contributed by atoms with van der Waals surface area (Å²) in [4.78, 5) is 8.36. The molecular formula is C12H22N4O. The second-order valence-electron chi connectivity index (χ2n) is 3.77. The Kier molecular flexibility index (Phi) is 6.14. The van der Waals surface area contributed by atoms with E-state index in [1.165, 1.54) is 12.8 Å². The lowest BCUT2D eigenvalue weighted by Crippen LogP contribution is -2.09. The van der Waals surface area contributed by atoms with Gasteiger partial charge in [-0.15, -0.1) is 0 Å². The number of unbranched alkanes of at least 4 members (excludes halogenated alkanes) is 2. The van der Waals surface area contributed by atoms with Crippen molar-refractivity contribution in [1.82, 2.24) is 9.97 Å². The summed E-state index contributed by atoms with van der Waals surface area (Å²) in [5.41, 5.74) is 0. The minimum absolute atomic E-state index is 0.686. The van der Waals surface area contributed by atoms with Crippen LogP contribution >= 0.6 is 0 Å². The van der Waals surface area contributed by atoms with Gasteiger partial charge in [0.25, 0.3) is 0 Å². The maximum Gasteiger partial charge on any atom is 0.204 e. The van der Waals surface area contributed by atoms with Crippen molar-refractivity contribution in [3.8, 4) is 5.75 Å². The fraction of sp³-hybridized carbons (Fsp3) is 0.667. The average molecular weight is 238 g/mol. The van der Waals surface area contributed by atoms with E-state index < -0.39 is 0 Å². The van der Waals surface area contributed by atoms with Crippen molar-refractivity contribution in [2.24, 2.45) is 0 Å². The first-order chi connectivity index (χ1) is 8.33. The molecule has 0 amide bonds. The number of anilines is 2. The van der Waals surface area contributed by atoms with Crippen LogP contribution in [0, 0.1) is 0 Å². The Labute approximate surface area is 103 Å². The topological polar surface area (TPSA) is 59.1 Å². The van der Waals surface area contributed by atoms with Crippen LogP contribution in [0.15, 0.2) is 6.33 Å². The number of nitrogens with one attached hydrogen (secondary N) is 2. The standard InChI is InChI=1S/C12H22N4O/c1-4-6-7-8-14-12-10(17-3)11(13-5-2)15-9-16-12/h9H,4-8H2,1-3H3,(H2,13,14,15,16). The Morgan fingerprint density at radius 3 is 2.41 bits per heavy atom. The molecule has 1 aromatic heterocycles. The Hall–Kier alpha value is -1.52. The molecule has 0 bridgehead atoms. The minimum atomic E-state index is 0.686. The molecule has 0 saturated heterocycles. The van der Waals surface area contributed by atoms with Gasteiger partial charge in [0.05, 0.1) is 7.11 Å². The van der Waals surface area contributed by atoms with Crippen molar-refractivity contribution in [2.45, 2.75) is 33.1 Å². The number of aromatic nitrogens is 2. The van der Waals surface area contributed by atoms with Crippen LogP contribution in [0.25, 0.3) is 0 Å². The van der Waals surface area contributed by atoms with Crippen LogP contribution in [-0.2, 0) is 0 Å². The van der Waals surface area contributed by atoms with Gasteiger partial charge in [-0.1, -0.05) is 19.8 Å². The Bertz CT molecular complexity index is 330. The predicted molar refractivity (Wildman–Crippen MR) is 70.8 cm³/mol. The summed E-state index contributed by atoms with van der Waals surface area (Å²) in [6, 6.07) is 0. The molecule has 0 aromatic carbocycles. The number of ether oxygens (including phenoxy) is 1. The van der Waals surface area contributed by atoms with Gasteiger partial charge in [0.15, 0.2) is 11.6 Å². The molecule has 0 aliphatic heterocycles. The molecule has 0 unspecified atom stereocenters. The first kappa shape index (κ1) is 13.5. The maximum absolute atomic E-state index is 5.34. The Balaban J connectivity index is 2.66. The lowest BCUT2D eigenvalue weighted by Gasteiger charge is -2.13. The van der Waals surface area contributed by atoms with Crippen molar-refractivity contribution in [3.63, 3.8) is 0 Å². The zero-order chi connectivity index (χ0) is 12.5. The van der Waals surface area contributed by atoms with Crippen LogP contribution < -0.4 is 15.4 Å². The molecule has 0 radical (unpaired) electrons. The summed E-state index contributed by atoms with van der Waals surface area (Å²) in [6.07, 6.45) is 5.12.